The molecule has 0 spiro atoms. The number of benzene rings is 2. The quantitative estimate of drug-likeness (QED) is 0.709. The third-order valence-corrected chi connectivity index (χ3v) is 4.47. The van der Waals surface area contributed by atoms with Crippen molar-refractivity contribution in [1.29, 1.82) is 0 Å². The second-order valence-corrected chi connectivity index (χ2v) is 6.33. The summed E-state index contributed by atoms with van der Waals surface area (Å²) in [6.45, 7) is 0.0493. The summed E-state index contributed by atoms with van der Waals surface area (Å²) in [5, 5.41) is 10.1. The summed E-state index contributed by atoms with van der Waals surface area (Å²) in [6.07, 6.45) is 0. The lowest BCUT2D eigenvalue weighted by atomic mass is 10.2. The molecule has 1 heterocycles. The van der Waals surface area contributed by atoms with E-state index < -0.39 is 0 Å². The zero-order valence-electron chi connectivity index (χ0n) is 12.7. The van der Waals surface area contributed by atoms with Crippen molar-refractivity contribution in [2.75, 3.05) is 19.0 Å². The lowest BCUT2D eigenvalue weighted by Gasteiger charge is -2.16. The minimum Gasteiger partial charge on any atom is -0.392 e. The highest BCUT2D eigenvalue weighted by Crippen LogP contribution is 2.27. The maximum Gasteiger partial charge on any atom is 0.166 e. The average Bonchev–Trinajstić information content (AvgIpc) is 2.94. The van der Waals surface area contributed by atoms with Crippen LogP contribution in [0.2, 0.25) is 0 Å². The second kappa shape index (κ2) is 6.42. The van der Waals surface area contributed by atoms with Crippen LogP contribution in [-0.2, 0) is 12.4 Å². The van der Waals surface area contributed by atoms with E-state index in [1.165, 1.54) is 11.3 Å². The van der Waals surface area contributed by atoms with Gasteiger partial charge in [0.2, 0.25) is 0 Å². The Bertz CT molecular complexity index is 782. The summed E-state index contributed by atoms with van der Waals surface area (Å²) in [5.41, 5.74) is 5.31. The first-order chi connectivity index (χ1) is 10.7. The Hall–Kier alpha value is -1.98. The first-order valence-electron chi connectivity index (χ1n) is 7.15. The molecule has 0 radical (unpaired) electrons. The fraction of sp³-hybridized carbons (Fsp3) is 0.235. The van der Waals surface area contributed by atoms with Crippen LogP contribution in [-0.4, -0.2) is 29.2 Å². The van der Waals surface area contributed by atoms with E-state index in [2.05, 4.69) is 53.2 Å². The standard InChI is InChI=1S/C17H19N3OS/c1-20(2)16-6-4-3-5-13(16)11-22-17-18-14-8-7-12(10-21)9-15(14)19-17/h3-9,21H,10-11H2,1-2H3,(H,18,19). The van der Waals surface area contributed by atoms with Gasteiger partial charge in [0.1, 0.15) is 0 Å². The first kappa shape index (κ1) is 14.9. The van der Waals surface area contributed by atoms with Crippen molar-refractivity contribution in [3.8, 4) is 0 Å². The maximum absolute atomic E-state index is 9.19. The van der Waals surface area contributed by atoms with Gasteiger partial charge in [0.05, 0.1) is 17.6 Å². The van der Waals surface area contributed by atoms with E-state index in [0.29, 0.717) is 0 Å². The van der Waals surface area contributed by atoms with Crippen molar-refractivity contribution >= 4 is 28.5 Å². The summed E-state index contributed by atoms with van der Waals surface area (Å²) < 4.78 is 0. The van der Waals surface area contributed by atoms with E-state index >= 15 is 0 Å². The van der Waals surface area contributed by atoms with E-state index in [4.69, 9.17) is 0 Å². The lowest BCUT2D eigenvalue weighted by molar-refractivity contribution is 0.282. The van der Waals surface area contributed by atoms with Gasteiger partial charge in [-0.2, -0.15) is 0 Å². The summed E-state index contributed by atoms with van der Waals surface area (Å²) in [4.78, 5) is 10.0. The Kier molecular flexibility index (Phi) is 4.36. The van der Waals surface area contributed by atoms with Crippen molar-refractivity contribution in [3.05, 3.63) is 53.6 Å². The second-order valence-electron chi connectivity index (χ2n) is 5.36. The average molecular weight is 313 g/mol. The van der Waals surface area contributed by atoms with Gasteiger partial charge < -0.3 is 15.0 Å². The van der Waals surface area contributed by atoms with Crippen molar-refractivity contribution in [2.24, 2.45) is 0 Å². The molecule has 114 valence electrons. The predicted octanol–water partition coefficient (Wildman–Crippen LogP) is 3.41. The smallest absolute Gasteiger partial charge is 0.166 e. The number of thioether (sulfide) groups is 1. The number of anilines is 1. The normalized spacial score (nSPS) is 11.0. The number of H-pyrrole nitrogens is 1. The third kappa shape index (κ3) is 3.10. The fourth-order valence-electron chi connectivity index (χ4n) is 2.42. The molecular formula is C17H19N3OS. The Morgan fingerprint density at radius 3 is 2.77 bits per heavy atom. The van der Waals surface area contributed by atoms with Crippen molar-refractivity contribution < 1.29 is 5.11 Å². The molecule has 2 aromatic carbocycles. The monoisotopic (exact) mass is 313 g/mol. The molecule has 0 aliphatic rings. The van der Waals surface area contributed by atoms with Crippen LogP contribution in [0.5, 0.6) is 0 Å². The van der Waals surface area contributed by atoms with Crippen LogP contribution in [0.1, 0.15) is 11.1 Å². The highest BCUT2D eigenvalue weighted by molar-refractivity contribution is 7.98. The number of aromatic nitrogens is 2. The number of hydrogen-bond acceptors (Lipinski definition) is 4. The molecule has 0 unspecified atom stereocenters. The molecule has 0 saturated heterocycles. The molecule has 3 aromatic rings. The van der Waals surface area contributed by atoms with E-state index in [-0.39, 0.29) is 6.61 Å². The SMILES string of the molecule is CN(C)c1ccccc1CSc1nc2ccc(CO)cc2[nH]1. The Balaban J connectivity index is 1.79. The summed E-state index contributed by atoms with van der Waals surface area (Å²) in [5.74, 6) is 0.862. The molecule has 0 amide bonds. The van der Waals surface area contributed by atoms with Gasteiger partial charge >= 0.3 is 0 Å². The van der Waals surface area contributed by atoms with Gasteiger partial charge in [0.25, 0.3) is 0 Å². The van der Waals surface area contributed by atoms with E-state index in [1.807, 2.05) is 18.2 Å². The van der Waals surface area contributed by atoms with Crippen molar-refractivity contribution in [3.63, 3.8) is 0 Å². The van der Waals surface area contributed by atoms with Crippen LogP contribution in [0.25, 0.3) is 11.0 Å². The maximum atomic E-state index is 9.19. The van der Waals surface area contributed by atoms with Crippen LogP contribution in [0.15, 0.2) is 47.6 Å². The highest BCUT2D eigenvalue weighted by Gasteiger charge is 2.08. The van der Waals surface area contributed by atoms with Gasteiger partial charge in [-0.25, -0.2) is 4.98 Å². The Morgan fingerprint density at radius 1 is 1.18 bits per heavy atom. The largest absolute Gasteiger partial charge is 0.392 e. The van der Waals surface area contributed by atoms with Crippen LogP contribution < -0.4 is 4.90 Å². The minimum absolute atomic E-state index is 0.0493. The molecule has 3 rings (SSSR count). The van der Waals surface area contributed by atoms with Gasteiger partial charge in [-0.3, -0.25) is 0 Å². The molecule has 0 bridgehead atoms. The van der Waals surface area contributed by atoms with Crippen LogP contribution in [0.4, 0.5) is 5.69 Å². The summed E-state index contributed by atoms with van der Waals surface area (Å²) >= 11 is 1.69. The molecule has 2 N–H and O–H groups in total. The molecular weight excluding hydrogens is 294 g/mol. The van der Waals surface area contributed by atoms with Gasteiger partial charge in [0, 0.05) is 25.5 Å². The van der Waals surface area contributed by atoms with Gasteiger partial charge in [-0.15, -0.1) is 0 Å². The van der Waals surface area contributed by atoms with Gasteiger partial charge in [0.15, 0.2) is 5.16 Å². The molecule has 0 fully saturated rings. The zero-order chi connectivity index (χ0) is 15.5. The van der Waals surface area contributed by atoms with Crippen LogP contribution >= 0.6 is 11.8 Å². The van der Waals surface area contributed by atoms with E-state index in [1.54, 1.807) is 11.8 Å². The van der Waals surface area contributed by atoms with Gasteiger partial charge in [-0.1, -0.05) is 36.0 Å². The Labute approximate surface area is 134 Å². The topological polar surface area (TPSA) is 52.1 Å². The molecule has 0 atom stereocenters. The summed E-state index contributed by atoms with van der Waals surface area (Å²) in [7, 11) is 4.11. The number of aromatic amines is 1. The van der Waals surface area contributed by atoms with E-state index in [9.17, 15) is 5.11 Å². The number of aliphatic hydroxyl groups excluding tert-OH is 1. The number of nitrogens with zero attached hydrogens (tertiary/aromatic N) is 2. The van der Waals surface area contributed by atoms with Gasteiger partial charge in [-0.05, 0) is 29.3 Å². The number of hydrogen-bond donors (Lipinski definition) is 2. The van der Waals surface area contributed by atoms with Crippen molar-refractivity contribution in [1.82, 2.24) is 9.97 Å². The number of fused-ring (bicyclic) bond motifs is 1. The number of para-hydroxylation sites is 1. The molecule has 0 aliphatic carbocycles. The van der Waals surface area contributed by atoms with Crippen molar-refractivity contribution in [2.45, 2.75) is 17.5 Å². The number of aliphatic hydroxyl groups is 1. The number of rotatable bonds is 5. The number of nitrogens with one attached hydrogen (secondary N) is 1. The summed E-state index contributed by atoms with van der Waals surface area (Å²) in [6, 6.07) is 14.2. The Morgan fingerprint density at radius 2 is 2.00 bits per heavy atom. The predicted molar refractivity (Wildman–Crippen MR) is 92.3 cm³/mol. The lowest BCUT2D eigenvalue weighted by Crippen LogP contribution is -2.10. The third-order valence-electron chi connectivity index (χ3n) is 3.54. The van der Waals surface area contributed by atoms with Crippen LogP contribution in [0.3, 0.4) is 0 Å². The van der Waals surface area contributed by atoms with Crippen LogP contribution in [0, 0.1) is 0 Å². The molecule has 5 heteroatoms. The zero-order valence-corrected chi connectivity index (χ0v) is 13.5. The fourth-order valence-corrected chi connectivity index (χ4v) is 3.30. The first-order valence-corrected chi connectivity index (χ1v) is 8.13. The highest BCUT2D eigenvalue weighted by atomic mass is 32.2. The molecule has 4 nitrogen and oxygen atoms in total. The molecule has 1 aromatic heterocycles. The van der Waals surface area contributed by atoms with E-state index in [0.717, 1.165) is 27.5 Å². The minimum atomic E-state index is 0.0493. The molecule has 0 aliphatic heterocycles. The molecule has 22 heavy (non-hydrogen) atoms. The number of imidazole rings is 1. The molecule has 0 saturated carbocycles.